The van der Waals surface area contributed by atoms with Gasteiger partial charge in [-0.3, -0.25) is 14.9 Å². The lowest BCUT2D eigenvalue weighted by Gasteiger charge is -2.15. The van der Waals surface area contributed by atoms with Gasteiger partial charge in [-0.25, -0.2) is 0 Å². The van der Waals surface area contributed by atoms with Crippen LogP contribution in [0.4, 0.5) is 5.69 Å². The zero-order valence-electron chi connectivity index (χ0n) is 13.2. The van der Waals surface area contributed by atoms with Crippen LogP contribution in [0.25, 0.3) is 0 Å². The van der Waals surface area contributed by atoms with Crippen molar-refractivity contribution in [2.75, 3.05) is 6.26 Å². The van der Waals surface area contributed by atoms with Crippen LogP contribution in [0.1, 0.15) is 34.5 Å². The first-order valence-electron chi connectivity index (χ1n) is 7.12. The number of nitrogens with one attached hydrogen (secondary N) is 1. The number of nitrogens with zero attached hydrogens (tertiary/aromatic N) is 1. The van der Waals surface area contributed by atoms with Crippen LogP contribution in [0.5, 0.6) is 0 Å². The summed E-state index contributed by atoms with van der Waals surface area (Å²) < 4.78 is 0. The van der Waals surface area contributed by atoms with E-state index in [9.17, 15) is 14.9 Å². The van der Waals surface area contributed by atoms with E-state index in [2.05, 4.69) is 5.32 Å². The highest BCUT2D eigenvalue weighted by Gasteiger charge is 2.22. The molecule has 1 amide bonds. The number of amides is 1. The summed E-state index contributed by atoms with van der Waals surface area (Å²) in [4.78, 5) is 23.9. The molecule has 0 heterocycles. The molecule has 0 saturated heterocycles. The van der Waals surface area contributed by atoms with Gasteiger partial charge in [0.2, 0.25) is 0 Å². The van der Waals surface area contributed by atoms with Gasteiger partial charge in [-0.1, -0.05) is 29.8 Å². The average Bonchev–Trinajstić information content (AvgIpc) is 2.54. The van der Waals surface area contributed by atoms with E-state index < -0.39 is 10.8 Å². The van der Waals surface area contributed by atoms with Gasteiger partial charge in [0.15, 0.2) is 0 Å². The van der Waals surface area contributed by atoms with Gasteiger partial charge < -0.3 is 5.32 Å². The van der Waals surface area contributed by atoms with E-state index in [1.165, 1.54) is 17.8 Å². The van der Waals surface area contributed by atoms with Crippen molar-refractivity contribution in [1.29, 1.82) is 0 Å². The Labute approximate surface area is 139 Å². The first-order chi connectivity index (χ1) is 10.9. The fourth-order valence-corrected chi connectivity index (χ4v) is 2.64. The van der Waals surface area contributed by atoms with Crippen molar-refractivity contribution in [3.63, 3.8) is 0 Å². The third-order valence-corrected chi connectivity index (χ3v) is 4.30. The highest BCUT2D eigenvalue weighted by atomic mass is 32.2. The predicted octanol–water partition coefficient (Wildman–Crippen LogP) is 4.12. The second kappa shape index (κ2) is 7.28. The lowest BCUT2D eigenvalue weighted by atomic mass is 10.1. The third-order valence-electron chi connectivity index (χ3n) is 3.57. The molecule has 0 aromatic heterocycles. The van der Waals surface area contributed by atoms with E-state index in [0.717, 1.165) is 16.0 Å². The van der Waals surface area contributed by atoms with E-state index >= 15 is 0 Å². The SMILES string of the molecule is CSc1ccc([N+](=O)[O-])c(C(=O)NC(C)c2ccc(C)cc2)c1. The number of aryl methyl sites for hydroxylation is 1. The van der Waals surface area contributed by atoms with Crippen LogP contribution in [0.15, 0.2) is 47.4 Å². The Hall–Kier alpha value is -2.34. The van der Waals surface area contributed by atoms with Crippen LogP contribution >= 0.6 is 11.8 Å². The Morgan fingerprint density at radius 3 is 2.43 bits per heavy atom. The number of hydrogen-bond acceptors (Lipinski definition) is 4. The number of carbonyl (C=O) groups is 1. The summed E-state index contributed by atoms with van der Waals surface area (Å²) in [5.74, 6) is -0.444. The molecule has 1 unspecified atom stereocenters. The van der Waals surface area contributed by atoms with Gasteiger partial charge in [0.1, 0.15) is 5.56 Å². The topological polar surface area (TPSA) is 72.2 Å². The molecule has 0 bridgehead atoms. The normalized spacial score (nSPS) is 11.8. The van der Waals surface area contributed by atoms with Crippen molar-refractivity contribution in [2.45, 2.75) is 24.8 Å². The third kappa shape index (κ3) is 4.10. The van der Waals surface area contributed by atoms with Crippen molar-refractivity contribution < 1.29 is 9.72 Å². The number of nitro groups is 1. The minimum Gasteiger partial charge on any atom is -0.345 e. The maximum absolute atomic E-state index is 12.5. The van der Waals surface area contributed by atoms with Gasteiger partial charge in [-0.05, 0) is 37.8 Å². The van der Waals surface area contributed by atoms with Crippen LogP contribution in [0, 0.1) is 17.0 Å². The number of hydrogen-bond donors (Lipinski definition) is 1. The number of thioether (sulfide) groups is 1. The van der Waals surface area contributed by atoms with E-state index in [4.69, 9.17) is 0 Å². The second-order valence-corrected chi connectivity index (χ2v) is 6.13. The Kier molecular flexibility index (Phi) is 5.39. The van der Waals surface area contributed by atoms with Crippen molar-refractivity contribution in [2.24, 2.45) is 0 Å². The van der Waals surface area contributed by atoms with Crippen LogP contribution < -0.4 is 5.32 Å². The molecule has 120 valence electrons. The van der Waals surface area contributed by atoms with Gasteiger partial charge in [0, 0.05) is 11.0 Å². The molecule has 1 N–H and O–H groups in total. The molecule has 0 radical (unpaired) electrons. The summed E-state index contributed by atoms with van der Waals surface area (Å²) in [6, 6.07) is 12.1. The Morgan fingerprint density at radius 1 is 1.22 bits per heavy atom. The first kappa shape index (κ1) is 17.0. The molecule has 23 heavy (non-hydrogen) atoms. The van der Waals surface area contributed by atoms with Gasteiger partial charge in [0.25, 0.3) is 11.6 Å². The number of benzene rings is 2. The zero-order valence-corrected chi connectivity index (χ0v) is 14.0. The Balaban J connectivity index is 2.25. The molecule has 2 rings (SSSR count). The van der Waals surface area contributed by atoms with Crippen LogP contribution in [-0.4, -0.2) is 17.1 Å². The summed E-state index contributed by atoms with van der Waals surface area (Å²) in [6.45, 7) is 3.84. The molecule has 2 aromatic carbocycles. The van der Waals surface area contributed by atoms with Crippen molar-refractivity contribution in [1.82, 2.24) is 5.32 Å². The molecule has 0 aliphatic rings. The highest BCUT2D eigenvalue weighted by molar-refractivity contribution is 7.98. The fourth-order valence-electron chi connectivity index (χ4n) is 2.20. The maximum Gasteiger partial charge on any atom is 0.282 e. The molecule has 6 heteroatoms. The van der Waals surface area contributed by atoms with Gasteiger partial charge in [-0.2, -0.15) is 0 Å². The number of rotatable bonds is 5. The lowest BCUT2D eigenvalue weighted by molar-refractivity contribution is -0.385. The zero-order chi connectivity index (χ0) is 17.0. The molecule has 1 atom stereocenters. The Bertz CT molecular complexity index is 729. The molecule has 0 fully saturated rings. The van der Waals surface area contributed by atoms with E-state index in [0.29, 0.717) is 0 Å². The molecule has 0 spiro atoms. The monoisotopic (exact) mass is 330 g/mol. The average molecular weight is 330 g/mol. The quantitative estimate of drug-likeness (QED) is 0.508. The van der Waals surface area contributed by atoms with Crippen molar-refractivity contribution >= 4 is 23.4 Å². The maximum atomic E-state index is 12.5. The van der Waals surface area contributed by atoms with Crippen molar-refractivity contribution in [3.05, 3.63) is 69.3 Å². The smallest absolute Gasteiger partial charge is 0.282 e. The second-order valence-electron chi connectivity index (χ2n) is 5.25. The van der Waals surface area contributed by atoms with E-state index in [1.807, 2.05) is 44.4 Å². The Morgan fingerprint density at radius 2 is 1.87 bits per heavy atom. The summed E-state index contributed by atoms with van der Waals surface area (Å²) in [5, 5.41) is 14.0. The minimum atomic E-state index is -0.532. The largest absolute Gasteiger partial charge is 0.345 e. The molecule has 2 aromatic rings. The number of carbonyl (C=O) groups excluding carboxylic acids is 1. The predicted molar refractivity (Wildman–Crippen MR) is 91.9 cm³/mol. The van der Waals surface area contributed by atoms with Gasteiger partial charge >= 0.3 is 0 Å². The first-order valence-corrected chi connectivity index (χ1v) is 8.34. The molecule has 0 aliphatic carbocycles. The van der Waals surface area contributed by atoms with Gasteiger partial charge in [0.05, 0.1) is 11.0 Å². The minimum absolute atomic E-state index is 0.0841. The standard InChI is InChI=1S/C17H18N2O3S/c1-11-4-6-13(7-5-11)12(2)18-17(20)15-10-14(23-3)8-9-16(15)19(21)22/h4-10,12H,1-3H3,(H,18,20). The molecule has 0 aliphatic heterocycles. The van der Waals surface area contributed by atoms with Crippen LogP contribution in [-0.2, 0) is 0 Å². The van der Waals surface area contributed by atoms with E-state index in [-0.39, 0.29) is 17.3 Å². The summed E-state index contributed by atoms with van der Waals surface area (Å²) in [5.41, 5.74) is 1.99. The molecule has 5 nitrogen and oxygen atoms in total. The number of nitro benzene ring substituents is 1. The van der Waals surface area contributed by atoms with Crippen LogP contribution in [0.3, 0.4) is 0 Å². The summed E-state index contributed by atoms with van der Waals surface area (Å²) >= 11 is 1.44. The fraction of sp³-hybridized carbons (Fsp3) is 0.235. The summed E-state index contributed by atoms with van der Waals surface area (Å²) in [7, 11) is 0. The molecular formula is C17H18N2O3S. The summed E-state index contributed by atoms with van der Waals surface area (Å²) in [6.07, 6.45) is 1.86. The highest BCUT2D eigenvalue weighted by Crippen LogP contribution is 2.25. The van der Waals surface area contributed by atoms with Crippen molar-refractivity contribution in [3.8, 4) is 0 Å². The van der Waals surface area contributed by atoms with Crippen LogP contribution in [0.2, 0.25) is 0 Å². The van der Waals surface area contributed by atoms with Gasteiger partial charge in [-0.15, -0.1) is 11.8 Å². The molecular weight excluding hydrogens is 312 g/mol. The van der Waals surface area contributed by atoms with E-state index in [1.54, 1.807) is 12.1 Å². The molecule has 0 saturated carbocycles. The lowest BCUT2D eigenvalue weighted by Crippen LogP contribution is -2.27.